The molecule has 142 valence electrons. The van der Waals surface area contributed by atoms with Crippen molar-refractivity contribution in [3.8, 4) is 5.75 Å². The Morgan fingerprint density at radius 3 is 2.81 bits per heavy atom. The zero-order valence-electron chi connectivity index (χ0n) is 15.6. The van der Waals surface area contributed by atoms with Crippen molar-refractivity contribution < 1.29 is 14.6 Å². The molecule has 1 saturated heterocycles. The average molecular weight is 366 g/mol. The summed E-state index contributed by atoms with van der Waals surface area (Å²) in [5.41, 5.74) is 1.81. The van der Waals surface area contributed by atoms with Crippen molar-refractivity contribution in [1.29, 1.82) is 0 Å². The summed E-state index contributed by atoms with van der Waals surface area (Å²) in [7, 11) is 0. The number of piperidine rings is 1. The lowest BCUT2D eigenvalue weighted by molar-refractivity contribution is -0.132. The lowest BCUT2D eigenvalue weighted by Gasteiger charge is -2.38. The third-order valence-electron chi connectivity index (χ3n) is 5.00. The molecular weight excluding hydrogens is 340 g/mol. The van der Waals surface area contributed by atoms with Gasteiger partial charge in [0.1, 0.15) is 12.4 Å². The first-order chi connectivity index (χ1) is 13.2. The van der Waals surface area contributed by atoms with Gasteiger partial charge >= 0.3 is 0 Å². The van der Waals surface area contributed by atoms with Crippen LogP contribution in [-0.2, 0) is 11.4 Å². The van der Waals surface area contributed by atoms with E-state index in [-0.39, 0.29) is 18.6 Å². The minimum Gasteiger partial charge on any atom is -0.487 e. The maximum Gasteiger partial charge on any atom is 0.246 e. The third-order valence-corrected chi connectivity index (χ3v) is 5.00. The van der Waals surface area contributed by atoms with E-state index in [1.54, 1.807) is 23.2 Å². The van der Waals surface area contributed by atoms with E-state index in [2.05, 4.69) is 11.9 Å². The standard InChI is InChI=1S/C22H26N2O3/c1-17-5-4-14-24(21(17)15-25)22(26)12-9-18-7-10-20(11-8-18)27-16-19-6-2-3-13-23-19/h2-3,6-13,17,21,25H,4-5,14-16H2,1H3. The van der Waals surface area contributed by atoms with Gasteiger partial charge in [0.25, 0.3) is 0 Å². The monoisotopic (exact) mass is 366 g/mol. The summed E-state index contributed by atoms with van der Waals surface area (Å²) < 4.78 is 5.72. The fraction of sp³-hybridized carbons (Fsp3) is 0.364. The number of benzene rings is 1. The molecule has 27 heavy (non-hydrogen) atoms. The molecule has 1 aromatic heterocycles. The molecular formula is C22H26N2O3. The van der Waals surface area contributed by atoms with E-state index >= 15 is 0 Å². The molecule has 2 unspecified atom stereocenters. The number of pyridine rings is 1. The highest BCUT2D eigenvalue weighted by atomic mass is 16.5. The molecule has 2 atom stereocenters. The number of ether oxygens (including phenoxy) is 1. The van der Waals surface area contributed by atoms with Gasteiger partial charge in [-0.3, -0.25) is 9.78 Å². The number of amides is 1. The number of likely N-dealkylation sites (tertiary alicyclic amines) is 1. The molecule has 0 saturated carbocycles. The lowest BCUT2D eigenvalue weighted by atomic mass is 9.91. The highest BCUT2D eigenvalue weighted by molar-refractivity contribution is 5.92. The van der Waals surface area contributed by atoms with Crippen molar-refractivity contribution in [2.24, 2.45) is 5.92 Å². The summed E-state index contributed by atoms with van der Waals surface area (Å²) in [6.07, 6.45) is 7.18. The van der Waals surface area contributed by atoms with Crippen molar-refractivity contribution >= 4 is 12.0 Å². The molecule has 2 aromatic rings. The Morgan fingerprint density at radius 1 is 1.30 bits per heavy atom. The lowest BCUT2D eigenvalue weighted by Crippen LogP contribution is -2.49. The Morgan fingerprint density at radius 2 is 2.11 bits per heavy atom. The van der Waals surface area contributed by atoms with E-state index in [9.17, 15) is 9.90 Å². The quantitative estimate of drug-likeness (QED) is 0.797. The fourth-order valence-electron chi connectivity index (χ4n) is 3.38. The van der Waals surface area contributed by atoms with Crippen LogP contribution in [0.2, 0.25) is 0 Å². The molecule has 1 fully saturated rings. The summed E-state index contributed by atoms with van der Waals surface area (Å²) in [6, 6.07) is 13.2. The van der Waals surface area contributed by atoms with Gasteiger partial charge in [0.2, 0.25) is 5.91 Å². The summed E-state index contributed by atoms with van der Waals surface area (Å²) in [5.74, 6) is 1.04. The van der Waals surface area contributed by atoms with Crippen LogP contribution in [0.4, 0.5) is 0 Å². The van der Waals surface area contributed by atoms with Crippen LogP contribution in [0.5, 0.6) is 5.75 Å². The molecule has 0 spiro atoms. The Labute approximate surface area is 160 Å². The normalized spacial score (nSPS) is 20.0. The summed E-state index contributed by atoms with van der Waals surface area (Å²) in [4.78, 5) is 18.5. The van der Waals surface area contributed by atoms with Crippen molar-refractivity contribution in [3.63, 3.8) is 0 Å². The largest absolute Gasteiger partial charge is 0.487 e. The second kappa shape index (κ2) is 9.33. The minimum absolute atomic E-state index is 0.0169. The van der Waals surface area contributed by atoms with Gasteiger partial charge < -0.3 is 14.7 Å². The van der Waals surface area contributed by atoms with Crippen LogP contribution in [0.25, 0.3) is 6.08 Å². The Hall–Kier alpha value is -2.66. The molecule has 0 aliphatic carbocycles. The molecule has 5 heteroatoms. The van der Waals surface area contributed by atoms with Crippen molar-refractivity contribution in [1.82, 2.24) is 9.88 Å². The molecule has 1 aromatic carbocycles. The Kier molecular flexibility index (Phi) is 6.60. The number of carbonyl (C=O) groups excluding carboxylic acids is 1. The number of carbonyl (C=O) groups is 1. The number of hydrogen-bond donors (Lipinski definition) is 1. The Bertz CT molecular complexity index is 759. The second-order valence-corrected chi connectivity index (χ2v) is 6.91. The van der Waals surface area contributed by atoms with E-state index < -0.39 is 0 Å². The molecule has 5 nitrogen and oxygen atoms in total. The number of nitrogens with zero attached hydrogens (tertiary/aromatic N) is 2. The first kappa shape index (κ1) is 19.1. The van der Waals surface area contributed by atoms with Gasteiger partial charge in [-0.15, -0.1) is 0 Å². The first-order valence-corrected chi connectivity index (χ1v) is 9.39. The molecule has 0 bridgehead atoms. The molecule has 1 aliphatic rings. The smallest absolute Gasteiger partial charge is 0.246 e. The van der Waals surface area contributed by atoms with Crippen LogP contribution in [0.15, 0.2) is 54.7 Å². The molecule has 0 radical (unpaired) electrons. The predicted molar refractivity (Wildman–Crippen MR) is 105 cm³/mol. The van der Waals surface area contributed by atoms with Gasteiger partial charge in [-0.1, -0.05) is 25.1 Å². The van der Waals surface area contributed by atoms with E-state index in [4.69, 9.17) is 4.74 Å². The van der Waals surface area contributed by atoms with Crippen LogP contribution >= 0.6 is 0 Å². The van der Waals surface area contributed by atoms with Gasteiger partial charge in [-0.05, 0) is 54.7 Å². The maximum atomic E-state index is 12.5. The topological polar surface area (TPSA) is 62.7 Å². The van der Waals surface area contributed by atoms with Gasteiger partial charge in [-0.2, -0.15) is 0 Å². The van der Waals surface area contributed by atoms with Gasteiger partial charge in [0.05, 0.1) is 18.3 Å². The first-order valence-electron chi connectivity index (χ1n) is 9.39. The van der Waals surface area contributed by atoms with Crippen molar-refractivity contribution in [2.45, 2.75) is 32.4 Å². The zero-order chi connectivity index (χ0) is 19.1. The minimum atomic E-state index is -0.0849. The van der Waals surface area contributed by atoms with Crippen LogP contribution in [0.1, 0.15) is 31.0 Å². The van der Waals surface area contributed by atoms with Crippen LogP contribution in [-0.4, -0.2) is 40.1 Å². The van der Waals surface area contributed by atoms with Crippen molar-refractivity contribution in [3.05, 3.63) is 66.0 Å². The molecule has 1 amide bonds. The van der Waals surface area contributed by atoms with E-state index in [1.807, 2.05) is 42.5 Å². The number of aliphatic hydroxyl groups excluding tert-OH is 1. The van der Waals surface area contributed by atoms with Crippen LogP contribution in [0, 0.1) is 5.92 Å². The van der Waals surface area contributed by atoms with Gasteiger partial charge in [0.15, 0.2) is 0 Å². The third kappa shape index (κ3) is 5.17. The molecule has 1 N–H and O–H groups in total. The summed E-state index contributed by atoms with van der Waals surface area (Å²) >= 11 is 0. The number of hydrogen-bond acceptors (Lipinski definition) is 4. The Balaban J connectivity index is 1.56. The maximum absolute atomic E-state index is 12.5. The number of aliphatic hydroxyl groups is 1. The van der Waals surface area contributed by atoms with E-state index in [1.165, 1.54) is 0 Å². The highest BCUT2D eigenvalue weighted by Crippen LogP contribution is 2.23. The summed E-state index contributed by atoms with van der Waals surface area (Å²) in [6.45, 7) is 3.24. The van der Waals surface area contributed by atoms with Crippen LogP contribution in [0.3, 0.4) is 0 Å². The average Bonchev–Trinajstić information content (AvgIpc) is 2.72. The van der Waals surface area contributed by atoms with E-state index in [0.29, 0.717) is 19.1 Å². The van der Waals surface area contributed by atoms with Gasteiger partial charge in [-0.25, -0.2) is 0 Å². The molecule has 1 aliphatic heterocycles. The number of rotatable bonds is 6. The highest BCUT2D eigenvalue weighted by Gasteiger charge is 2.30. The fourth-order valence-corrected chi connectivity index (χ4v) is 3.38. The molecule has 3 rings (SSSR count). The van der Waals surface area contributed by atoms with Crippen molar-refractivity contribution in [2.75, 3.05) is 13.2 Å². The predicted octanol–water partition coefficient (Wildman–Crippen LogP) is 3.29. The van der Waals surface area contributed by atoms with Gasteiger partial charge in [0, 0.05) is 18.8 Å². The van der Waals surface area contributed by atoms with E-state index in [0.717, 1.165) is 29.8 Å². The van der Waals surface area contributed by atoms with Crippen LogP contribution < -0.4 is 4.74 Å². The zero-order valence-corrected chi connectivity index (χ0v) is 15.6. The molecule has 2 heterocycles. The second-order valence-electron chi connectivity index (χ2n) is 6.91. The summed E-state index contributed by atoms with van der Waals surface area (Å²) in [5, 5.41) is 9.59. The number of aromatic nitrogens is 1. The SMILES string of the molecule is CC1CCCN(C(=O)C=Cc2ccc(OCc3ccccn3)cc2)C1CO.